The monoisotopic (exact) mass is 261 g/mol. The van der Waals surface area contributed by atoms with Gasteiger partial charge in [-0.1, -0.05) is 30.3 Å². The number of carbonyl (C=O) groups excluding carboxylic acids is 1. The van der Waals surface area contributed by atoms with Crippen molar-refractivity contribution in [1.82, 2.24) is 4.90 Å². The molecular weight excluding hydrogens is 242 g/mol. The molecule has 0 aliphatic carbocycles. The Hall–Kier alpha value is -1.84. The van der Waals surface area contributed by atoms with Crippen LogP contribution < -0.4 is 0 Å². The zero-order chi connectivity index (χ0) is 13.8. The van der Waals surface area contributed by atoms with Gasteiger partial charge >= 0.3 is 5.97 Å². The average Bonchev–Trinajstić information content (AvgIpc) is 2.46. The molecule has 1 heterocycles. The highest BCUT2D eigenvalue weighted by Crippen LogP contribution is 2.23. The first-order chi connectivity index (χ1) is 9.09. The smallest absolute Gasteiger partial charge is 0.306 e. The maximum Gasteiger partial charge on any atom is 0.306 e. The van der Waals surface area contributed by atoms with Crippen LogP contribution in [0.3, 0.4) is 0 Å². The zero-order valence-corrected chi connectivity index (χ0v) is 11.1. The zero-order valence-electron chi connectivity index (χ0n) is 11.1. The van der Waals surface area contributed by atoms with E-state index in [4.69, 9.17) is 5.11 Å². The standard InChI is InChI=1S/C15H19NO3/c1-11(12-5-3-2-4-6-12)14(17)16-9-7-13(8-10-16)15(18)19/h2-6,11,13H,7-10H2,1H3,(H,18,19). The Kier molecular flexibility index (Phi) is 4.20. The summed E-state index contributed by atoms with van der Waals surface area (Å²) in [7, 11) is 0. The summed E-state index contributed by atoms with van der Waals surface area (Å²) in [5, 5.41) is 8.95. The molecule has 1 unspecified atom stereocenters. The summed E-state index contributed by atoms with van der Waals surface area (Å²) in [6.07, 6.45) is 1.12. The Morgan fingerprint density at radius 2 is 1.79 bits per heavy atom. The van der Waals surface area contributed by atoms with E-state index in [0.29, 0.717) is 25.9 Å². The Morgan fingerprint density at radius 3 is 2.32 bits per heavy atom. The molecule has 1 saturated heterocycles. The predicted octanol–water partition coefficient (Wildman–Crippen LogP) is 2.11. The van der Waals surface area contributed by atoms with E-state index in [1.54, 1.807) is 4.90 Å². The SMILES string of the molecule is CC(C(=O)N1CCC(C(=O)O)CC1)c1ccccc1. The highest BCUT2D eigenvalue weighted by atomic mass is 16.4. The van der Waals surface area contributed by atoms with Crippen LogP contribution in [0.25, 0.3) is 0 Å². The van der Waals surface area contributed by atoms with Crippen molar-refractivity contribution in [1.29, 1.82) is 0 Å². The number of carbonyl (C=O) groups is 2. The van der Waals surface area contributed by atoms with E-state index in [-0.39, 0.29) is 17.7 Å². The van der Waals surface area contributed by atoms with E-state index in [9.17, 15) is 9.59 Å². The minimum atomic E-state index is -0.747. The number of hydrogen-bond acceptors (Lipinski definition) is 2. The van der Waals surface area contributed by atoms with Crippen LogP contribution in [0.15, 0.2) is 30.3 Å². The van der Waals surface area contributed by atoms with Gasteiger partial charge in [-0.2, -0.15) is 0 Å². The molecule has 1 aliphatic rings. The number of carboxylic acids is 1. The molecule has 4 heteroatoms. The molecule has 0 bridgehead atoms. The van der Waals surface area contributed by atoms with Gasteiger partial charge in [0.15, 0.2) is 0 Å². The third kappa shape index (κ3) is 3.13. The lowest BCUT2D eigenvalue weighted by Gasteiger charge is -2.32. The molecule has 1 aliphatic heterocycles. The summed E-state index contributed by atoms with van der Waals surface area (Å²) >= 11 is 0. The molecule has 0 saturated carbocycles. The van der Waals surface area contributed by atoms with E-state index < -0.39 is 5.97 Å². The van der Waals surface area contributed by atoms with Gasteiger partial charge in [-0.25, -0.2) is 0 Å². The van der Waals surface area contributed by atoms with Crippen LogP contribution in [0.2, 0.25) is 0 Å². The van der Waals surface area contributed by atoms with E-state index in [1.807, 2.05) is 37.3 Å². The molecular formula is C15H19NO3. The Bertz CT molecular complexity index is 450. The summed E-state index contributed by atoms with van der Waals surface area (Å²) in [6.45, 7) is 3.00. The molecule has 1 atom stereocenters. The van der Waals surface area contributed by atoms with Crippen molar-refractivity contribution in [2.45, 2.75) is 25.7 Å². The van der Waals surface area contributed by atoms with Gasteiger partial charge in [-0.15, -0.1) is 0 Å². The van der Waals surface area contributed by atoms with Gasteiger partial charge in [-0.05, 0) is 25.3 Å². The summed E-state index contributed by atoms with van der Waals surface area (Å²) < 4.78 is 0. The highest BCUT2D eigenvalue weighted by Gasteiger charge is 2.29. The molecule has 2 rings (SSSR count). The molecule has 1 fully saturated rings. The second-order valence-electron chi connectivity index (χ2n) is 5.07. The molecule has 1 aromatic rings. The molecule has 102 valence electrons. The molecule has 4 nitrogen and oxygen atoms in total. The van der Waals surface area contributed by atoms with Crippen LogP contribution in [0, 0.1) is 5.92 Å². The quantitative estimate of drug-likeness (QED) is 0.906. The topological polar surface area (TPSA) is 57.6 Å². The lowest BCUT2D eigenvalue weighted by molar-refractivity contribution is -0.146. The number of likely N-dealkylation sites (tertiary alicyclic amines) is 1. The Balaban J connectivity index is 1.96. The minimum absolute atomic E-state index is 0.0926. The molecule has 0 aromatic heterocycles. The lowest BCUT2D eigenvalue weighted by atomic mass is 9.94. The normalized spacial score (nSPS) is 18.1. The number of nitrogens with zero attached hydrogens (tertiary/aromatic N) is 1. The third-order valence-corrected chi connectivity index (χ3v) is 3.83. The van der Waals surface area contributed by atoms with Crippen LogP contribution in [0.1, 0.15) is 31.2 Å². The summed E-state index contributed by atoms with van der Waals surface area (Å²) in [5.74, 6) is -1.11. The van der Waals surface area contributed by atoms with Crippen LogP contribution >= 0.6 is 0 Å². The Labute approximate surface area is 113 Å². The van der Waals surface area contributed by atoms with Crippen molar-refractivity contribution in [3.63, 3.8) is 0 Å². The van der Waals surface area contributed by atoms with Crippen LogP contribution in [-0.4, -0.2) is 35.0 Å². The molecule has 0 spiro atoms. The van der Waals surface area contributed by atoms with E-state index in [1.165, 1.54) is 0 Å². The molecule has 0 radical (unpaired) electrons. The Morgan fingerprint density at radius 1 is 1.21 bits per heavy atom. The minimum Gasteiger partial charge on any atom is -0.481 e. The van der Waals surface area contributed by atoms with Crippen molar-refractivity contribution in [3.8, 4) is 0 Å². The van der Waals surface area contributed by atoms with Gasteiger partial charge in [0.25, 0.3) is 0 Å². The lowest BCUT2D eigenvalue weighted by Crippen LogP contribution is -2.42. The highest BCUT2D eigenvalue weighted by molar-refractivity contribution is 5.83. The van der Waals surface area contributed by atoms with Crippen molar-refractivity contribution >= 4 is 11.9 Å². The van der Waals surface area contributed by atoms with Gasteiger partial charge < -0.3 is 10.0 Å². The second kappa shape index (κ2) is 5.87. The number of amides is 1. The van der Waals surface area contributed by atoms with Crippen molar-refractivity contribution < 1.29 is 14.7 Å². The first-order valence-corrected chi connectivity index (χ1v) is 6.66. The number of carboxylic acid groups (broad SMARTS) is 1. The van der Waals surface area contributed by atoms with E-state index in [2.05, 4.69) is 0 Å². The fourth-order valence-corrected chi connectivity index (χ4v) is 2.50. The van der Waals surface area contributed by atoms with Crippen LogP contribution in [0.5, 0.6) is 0 Å². The number of aliphatic carboxylic acids is 1. The number of rotatable bonds is 3. The van der Waals surface area contributed by atoms with Crippen molar-refractivity contribution in [3.05, 3.63) is 35.9 Å². The summed E-state index contributed by atoms with van der Waals surface area (Å²) in [5.41, 5.74) is 1.01. The molecule has 1 aromatic carbocycles. The van der Waals surface area contributed by atoms with Gasteiger partial charge in [0.05, 0.1) is 11.8 Å². The van der Waals surface area contributed by atoms with Gasteiger partial charge in [0, 0.05) is 13.1 Å². The number of hydrogen-bond donors (Lipinski definition) is 1. The predicted molar refractivity (Wildman–Crippen MR) is 71.8 cm³/mol. The van der Waals surface area contributed by atoms with Gasteiger partial charge in [-0.3, -0.25) is 9.59 Å². The van der Waals surface area contributed by atoms with Crippen LogP contribution in [-0.2, 0) is 9.59 Å². The number of benzene rings is 1. The second-order valence-corrected chi connectivity index (χ2v) is 5.07. The first kappa shape index (κ1) is 13.6. The van der Waals surface area contributed by atoms with E-state index >= 15 is 0 Å². The largest absolute Gasteiger partial charge is 0.481 e. The molecule has 1 N–H and O–H groups in total. The molecule has 1 amide bonds. The fourth-order valence-electron chi connectivity index (χ4n) is 2.50. The fraction of sp³-hybridized carbons (Fsp3) is 0.467. The maximum absolute atomic E-state index is 12.4. The average molecular weight is 261 g/mol. The molecule has 19 heavy (non-hydrogen) atoms. The number of piperidine rings is 1. The van der Waals surface area contributed by atoms with Crippen LogP contribution in [0.4, 0.5) is 0 Å². The maximum atomic E-state index is 12.4. The van der Waals surface area contributed by atoms with Crippen molar-refractivity contribution in [2.75, 3.05) is 13.1 Å². The first-order valence-electron chi connectivity index (χ1n) is 6.66. The van der Waals surface area contributed by atoms with Gasteiger partial charge in [0.2, 0.25) is 5.91 Å². The van der Waals surface area contributed by atoms with E-state index in [0.717, 1.165) is 5.56 Å². The van der Waals surface area contributed by atoms with Crippen molar-refractivity contribution in [2.24, 2.45) is 5.92 Å². The third-order valence-electron chi connectivity index (χ3n) is 3.83. The van der Waals surface area contributed by atoms with Gasteiger partial charge in [0.1, 0.15) is 0 Å². The summed E-state index contributed by atoms with van der Waals surface area (Å²) in [4.78, 5) is 25.0. The summed E-state index contributed by atoms with van der Waals surface area (Å²) in [6, 6.07) is 9.68.